The van der Waals surface area contributed by atoms with Crippen molar-refractivity contribution in [3.63, 3.8) is 0 Å². The van der Waals surface area contributed by atoms with Crippen molar-refractivity contribution in [1.29, 1.82) is 0 Å². The predicted octanol–water partition coefficient (Wildman–Crippen LogP) is 2.83. The number of nitrogens with zero attached hydrogens (tertiary/aromatic N) is 2. The fraction of sp³-hybridized carbons (Fsp3) is 0.900. The quantitative estimate of drug-likeness (QED) is 0.716. The maximum absolute atomic E-state index is 10.3. The molecule has 0 heterocycles. The standard InChI is InChI=1S/C10H20N2O2S/c1-8(15-6-5-9(13)14)7-11-12-10(2,3)4/h8H,5-7H2,1-4H3,(H,13,14)/b12-11+. The second-order valence-electron chi connectivity index (χ2n) is 4.42. The van der Waals surface area contributed by atoms with Crippen LogP contribution in [-0.2, 0) is 4.79 Å². The van der Waals surface area contributed by atoms with Crippen LogP contribution in [0.1, 0.15) is 34.1 Å². The van der Waals surface area contributed by atoms with E-state index in [1.165, 1.54) is 0 Å². The van der Waals surface area contributed by atoms with Crippen molar-refractivity contribution in [2.45, 2.75) is 44.9 Å². The summed E-state index contributed by atoms with van der Waals surface area (Å²) in [5.41, 5.74) is -0.120. The molecule has 1 atom stereocenters. The van der Waals surface area contributed by atoms with Gasteiger partial charge in [-0.25, -0.2) is 0 Å². The van der Waals surface area contributed by atoms with Gasteiger partial charge in [-0.3, -0.25) is 4.79 Å². The third-order valence-electron chi connectivity index (χ3n) is 1.43. The highest BCUT2D eigenvalue weighted by molar-refractivity contribution is 7.99. The Hall–Kier alpha value is -0.580. The minimum absolute atomic E-state index is 0.120. The smallest absolute Gasteiger partial charge is 0.304 e. The average molecular weight is 232 g/mol. The summed E-state index contributed by atoms with van der Waals surface area (Å²) in [6, 6.07) is 0. The van der Waals surface area contributed by atoms with E-state index >= 15 is 0 Å². The molecule has 5 heteroatoms. The molecule has 0 aromatic heterocycles. The Labute approximate surface area is 95.5 Å². The van der Waals surface area contributed by atoms with E-state index in [-0.39, 0.29) is 12.0 Å². The SMILES string of the molecule is CC(C/N=N/C(C)(C)C)SCCC(=O)O. The fourth-order valence-electron chi connectivity index (χ4n) is 0.768. The lowest BCUT2D eigenvalue weighted by molar-refractivity contribution is -0.136. The molecule has 0 aromatic carbocycles. The van der Waals surface area contributed by atoms with Crippen LogP contribution in [-0.4, -0.2) is 34.2 Å². The Morgan fingerprint density at radius 3 is 2.53 bits per heavy atom. The molecule has 0 amide bonds. The van der Waals surface area contributed by atoms with Crippen molar-refractivity contribution < 1.29 is 9.90 Å². The third-order valence-corrected chi connectivity index (χ3v) is 2.59. The molecule has 0 aliphatic heterocycles. The molecule has 0 fully saturated rings. The number of aliphatic carboxylic acids is 1. The maximum Gasteiger partial charge on any atom is 0.304 e. The minimum atomic E-state index is -0.744. The van der Waals surface area contributed by atoms with E-state index in [1.807, 2.05) is 27.7 Å². The first-order valence-corrected chi connectivity index (χ1v) is 6.08. The van der Waals surface area contributed by atoms with Crippen LogP contribution < -0.4 is 0 Å². The van der Waals surface area contributed by atoms with Crippen LogP contribution >= 0.6 is 11.8 Å². The number of carboxylic acid groups (broad SMARTS) is 1. The second kappa shape index (κ2) is 6.82. The van der Waals surface area contributed by atoms with Gasteiger partial charge in [0.15, 0.2) is 0 Å². The van der Waals surface area contributed by atoms with Crippen LogP contribution in [0.2, 0.25) is 0 Å². The minimum Gasteiger partial charge on any atom is -0.481 e. The van der Waals surface area contributed by atoms with Crippen LogP contribution in [0, 0.1) is 0 Å². The van der Waals surface area contributed by atoms with Crippen LogP contribution in [0.4, 0.5) is 0 Å². The van der Waals surface area contributed by atoms with Crippen molar-refractivity contribution in [2.24, 2.45) is 10.2 Å². The van der Waals surface area contributed by atoms with E-state index in [0.29, 0.717) is 17.5 Å². The number of carboxylic acids is 1. The lowest BCUT2D eigenvalue weighted by Gasteiger charge is -2.11. The molecule has 15 heavy (non-hydrogen) atoms. The molecule has 0 aliphatic rings. The van der Waals surface area contributed by atoms with Gasteiger partial charge in [0.05, 0.1) is 18.5 Å². The summed E-state index contributed by atoms with van der Waals surface area (Å²) in [6.07, 6.45) is 0.214. The highest BCUT2D eigenvalue weighted by atomic mass is 32.2. The highest BCUT2D eigenvalue weighted by Gasteiger charge is 2.07. The Bertz CT molecular complexity index is 224. The Morgan fingerprint density at radius 1 is 1.47 bits per heavy atom. The molecule has 0 rings (SSSR count). The summed E-state index contributed by atoms with van der Waals surface area (Å²) in [5.74, 6) is -0.104. The van der Waals surface area contributed by atoms with Crippen molar-refractivity contribution >= 4 is 17.7 Å². The first-order valence-electron chi connectivity index (χ1n) is 5.03. The van der Waals surface area contributed by atoms with E-state index < -0.39 is 5.97 Å². The first-order chi connectivity index (χ1) is 6.81. The largest absolute Gasteiger partial charge is 0.481 e. The molecule has 88 valence electrons. The maximum atomic E-state index is 10.3. The van der Waals surface area contributed by atoms with Gasteiger partial charge in [0.2, 0.25) is 0 Å². The molecule has 0 aromatic rings. The van der Waals surface area contributed by atoms with Gasteiger partial charge in [-0.1, -0.05) is 6.92 Å². The van der Waals surface area contributed by atoms with Gasteiger partial charge >= 0.3 is 5.97 Å². The molecule has 0 saturated heterocycles. The van der Waals surface area contributed by atoms with Crippen molar-refractivity contribution in [1.82, 2.24) is 0 Å². The van der Waals surface area contributed by atoms with Crippen LogP contribution in [0.25, 0.3) is 0 Å². The molecule has 1 N–H and O–H groups in total. The summed E-state index contributed by atoms with van der Waals surface area (Å²) in [5, 5.41) is 17.0. The number of rotatable bonds is 6. The van der Waals surface area contributed by atoms with E-state index in [0.717, 1.165) is 0 Å². The second-order valence-corrected chi connectivity index (χ2v) is 5.97. The lowest BCUT2D eigenvalue weighted by atomic mass is 10.1. The lowest BCUT2D eigenvalue weighted by Crippen LogP contribution is -2.10. The Balaban J connectivity index is 3.62. The summed E-state index contributed by atoms with van der Waals surface area (Å²) >= 11 is 1.62. The van der Waals surface area contributed by atoms with E-state index in [1.54, 1.807) is 11.8 Å². The summed E-state index contributed by atoms with van der Waals surface area (Å²) in [7, 11) is 0. The highest BCUT2D eigenvalue weighted by Crippen LogP contribution is 2.13. The van der Waals surface area contributed by atoms with Crippen LogP contribution in [0.3, 0.4) is 0 Å². The summed E-state index contributed by atoms with van der Waals surface area (Å²) in [6.45, 7) is 8.69. The molecular weight excluding hydrogens is 212 g/mol. The predicted molar refractivity (Wildman–Crippen MR) is 63.6 cm³/mol. The van der Waals surface area contributed by atoms with Gasteiger partial charge in [0.25, 0.3) is 0 Å². The van der Waals surface area contributed by atoms with Gasteiger partial charge in [-0.05, 0) is 20.8 Å². The van der Waals surface area contributed by atoms with E-state index in [2.05, 4.69) is 10.2 Å². The molecule has 0 spiro atoms. The number of azo groups is 1. The zero-order valence-electron chi connectivity index (χ0n) is 9.86. The third kappa shape index (κ3) is 11.3. The summed E-state index contributed by atoms with van der Waals surface area (Å²) < 4.78 is 0. The average Bonchev–Trinajstić information content (AvgIpc) is 2.00. The zero-order chi connectivity index (χ0) is 11.9. The van der Waals surface area contributed by atoms with Gasteiger partial charge in [-0.2, -0.15) is 22.0 Å². The van der Waals surface area contributed by atoms with Gasteiger partial charge in [0, 0.05) is 11.0 Å². The molecular formula is C10H20N2O2S. The van der Waals surface area contributed by atoms with E-state index in [4.69, 9.17) is 5.11 Å². The molecule has 0 saturated carbocycles. The van der Waals surface area contributed by atoms with Crippen LogP contribution in [0.5, 0.6) is 0 Å². The van der Waals surface area contributed by atoms with Crippen molar-refractivity contribution in [3.8, 4) is 0 Å². The Morgan fingerprint density at radius 2 is 2.07 bits per heavy atom. The topological polar surface area (TPSA) is 62.0 Å². The number of hydrogen-bond donors (Lipinski definition) is 1. The normalized spacial score (nSPS) is 14.4. The fourth-order valence-corrected chi connectivity index (χ4v) is 1.63. The summed E-state index contributed by atoms with van der Waals surface area (Å²) in [4.78, 5) is 10.3. The first kappa shape index (κ1) is 14.4. The number of hydrogen-bond acceptors (Lipinski definition) is 4. The molecule has 0 aliphatic carbocycles. The van der Waals surface area contributed by atoms with Crippen molar-refractivity contribution in [2.75, 3.05) is 12.3 Å². The number of thioether (sulfide) groups is 1. The zero-order valence-corrected chi connectivity index (χ0v) is 10.7. The van der Waals surface area contributed by atoms with Crippen LogP contribution in [0.15, 0.2) is 10.2 Å². The van der Waals surface area contributed by atoms with Gasteiger partial charge in [-0.15, -0.1) is 0 Å². The van der Waals surface area contributed by atoms with Gasteiger partial charge < -0.3 is 5.11 Å². The molecule has 4 nitrogen and oxygen atoms in total. The monoisotopic (exact) mass is 232 g/mol. The molecule has 1 unspecified atom stereocenters. The van der Waals surface area contributed by atoms with Gasteiger partial charge in [0.1, 0.15) is 0 Å². The van der Waals surface area contributed by atoms with Crippen molar-refractivity contribution in [3.05, 3.63) is 0 Å². The van der Waals surface area contributed by atoms with E-state index in [9.17, 15) is 4.79 Å². The number of carbonyl (C=O) groups is 1. The molecule has 0 bridgehead atoms. The molecule has 0 radical (unpaired) electrons. The Kier molecular flexibility index (Phi) is 6.56.